The van der Waals surface area contributed by atoms with Crippen molar-refractivity contribution in [1.29, 1.82) is 0 Å². The normalized spacial score (nSPS) is 12.9. The van der Waals surface area contributed by atoms with Gasteiger partial charge in [-0.15, -0.1) is 0 Å². The minimum atomic E-state index is 0.0570. The van der Waals surface area contributed by atoms with Gasteiger partial charge in [-0.05, 0) is 128 Å². The number of aryl methyl sites for hydroxylation is 1. The summed E-state index contributed by atoms with van der Waals surface area (Å²) in [4.78, 5) is 10.1. The zero-order valence-corrected chi connectivity index (χ0v) is 46.7. The van der Waals surface area contributed by atoms with Crippen molar-refractivity contribution in [3.05, 3.63) is 241 Å². The van der Waals surface area contributed by atoms with E-state index in [1.807, 2.05) is 6.20 Å². The third kappa shape index (κ3) is 9.42. The first-order valence-electron chi connectivity index (χ1n) is 27.4. The first-order chi connectivity index (χ1) is 37.5. The van der Waals surface area contributed by atoms with Gasteiger partial charge in [-0.25, -0.2) is 4.98 Å². The van der Waals surface area contributed by atoms with Crippen molar-refractivity contribution >= 4 is 44.6 Å². The molecule has 1 aliphatic rings. The van der Waals surface area contributed by atoms with Crippen LogP contribution >= 0.6 is 0 Å². The second-order valence-corrected chi connectivity index (χ2v) is 24.2. The Kier molecular flexibility index (Phi) is 12.5. The van der Waals surface area contributed by atoms with Crippen LogP contribution in [-0.2, 0) is 16.2 Å². The number of para-hydroxylation sites is 3. The maximum absolute atomic E-state index is 6.95. The Morgan fingerprint density at radius 2 is 0.923 bits per heavy atom. The number of fused-ring (bicyclic) bond motifs is 4. The third-order valence-corrected chi connectivity index (χ3v) is 15.8. The predicted molar refractivity (Wildman–Crippen MR) is 330 cm³/mol. The van der Waals surface area contributed by atoms with Gasteiger partial charge in [0.1, 0.15) is 24.0 Å². The van der Waals surface area contributed by atoms with Gasteiger partial charge in [-0.1, -0.05) is 208 Å². The lowest BCUT2D eigenvalue weighted by molar-refractivity contribution is 0.483. The number of nitrogens with zero attached hydrogens (tertiary/aromatic N) is 4. The average molecular weight is 1020 g/mol. The molecular weight excluding hydrogens is 949 g/mol. The first-order valence-corrected chi connectivity index (χ1v) is 27.4. The summed E-state index contributed by atoms with van der Waals surface area (Å²) < 4.78 is 9.25. The van der Waals surface area contributed by atoms with Crippen molar-refractivity contribution in [2.45, 2.75) is 85.5 Å². The number of aromatic nitrogens is 2. The molecule has 0 atom stereocenters. The Labute approximate surface area is 461 Å². The molecule has 0 fully saturated rings. The van der Waals surface area contributed by atoms with Gasteiger partial charge in [-0.3, -0.25) is 4.57 Å². The molecule has 12 rings (SSSR count). The van der Waals surface area contributed by atoms with E-state index in [0.717, 1.165) is 72.9 Å². The molecule has 9 aromatic carbocycles. The Hall–Kier alpha value is -8.67. The topological polar surface area (TPSA) is 33.5 Å². The molecule has 78 heavy (non-hydrogen) atoms. The van der Waals surface area contributed by atoms with Crippen LogP contribution < -0.4 is 14.5 Å². The number of benzene rings is 9. The van der Waals surface area contributed by atoms with E-state index in [1.165, 1.54) is 55.8 Å². The Bertz CT molecular complexity index is 4020. The summed E-state index contributed by atoms with van der Waals surface area (Å²) in [6.07, 6.45) is 2.04. The van der Waals surface area contributed by atoms with Crippen molar-refractivity contribution < 1.29 is 4.74 Å². The molecular formula is C73H68N4O. The molecule has 11 aromatic rings. The minimum absolute atomic E-state index is 0.0570. The molecule has 0 amide bonds. The number of hydrogen-bond acceptors (Lipinski definition) is 4. The van der Waals surface area contributed by atoms with Gasteiger partial charge in [0.05, 0.1) is 28.1 Å². The molecule has 0 saturated carbocycles. The van der Waals surface area contributed by atoms with Gasteiger partial charge in [0.15, 0.2) is 0 Å². The Morgan fingerprint density at radius 3 is 1.53 bits per heavy atom. The maximum atomic E-state index is 6.95. The van der Waals surface area contributed by atoms with E-state index in [-0.39, 0.29) is 16.2 Å². The number of hydrogen-bond donors (Lipinski definition) is 0. The van der Waals surface area contributed by atoms with Crippen molar-refractivity contribution in [2.24, 2.45) is 0 Å². The monoisotopic (exact) mass is 1020 g/mol. The van der Waals surface area contributed by atoms with Crippen LogP contribution in [0.15, 0.2) is 219 Å². The van der Waals surface area contributed by atoms with E-state index in [1.54, 1.807) is 0 Å². The summed E-state index contributed by atoms with van der Waals surface area (Å²) in [5.41, 5.74) is 21.4. The second kappa shape index (κ2) is 19.4. The summed E-state index contributed by atoms with van der Waals surface area (Å²) in [5.74, 6) is 2.36. The summed E-state index contributed by atoms with van der Waals surface area (Å²) >= 11 is 0. The third-order valence-electron chi connectivity index (χ3n) is 15.8. The second-order valence-electron chi connectivity index (χ2n) is 24.2. The summed E-state index contributed by atoms with van der Waals surface area (Å²) in [6, 6.07) is 77.5. The molecule has 0 unspecified atom stereocenters. The van der Waals surface area contributed by atoms with Crippen molar-refractivity contribution in [1.82, 2.24) is 9.55 Å². The van der Waals surface area contributed by atoms with Crippen LogP contribution in [0.5, 0.6) is 11.5 Å². The van der Waals surface area contributed by atoms with Gasteiger partial charge in [-0.2, -0.15) is 0 Å². The van der Waals surface area contributed by atoms with Gasteiger partial charge >= 0.3 is 0 Å². The molecule has 2 aromatic heterocycles. The lowest BCUT2D eigenvalue weighted by Gasteiger charge is -2.27. The summed E-state index contributed by atoms with van der Waals surface area (Å²) in [6.45, 7) is 23.2. The Balaban J connectivity index is 0.918. The fourth-order valence-corrected chi connectivity index (χ4v) is 11.3. The van der Waals surface area contributed by atoms with Crippen molar-refractivity contribution in [3.8, 4) is 61.8 Å². The first kappa shape index (κ1) is 50.2. The van der Waals surface area contributed by atoms with Crippen LogP contribution in [0, 0.1) is 6.92 Å². The highest BCUT2D eigenvalue weighted by Gasteiger charge is 2.32. The molecule has 1 aliphatic heterocycles. The predicted octanol–water partition coefficient (Wildman–Crippen LogP) is 20.1. The Morgan fingerprint density at radius 1 is 0.397 bits per heavy atom. The van der Waals surface area contributed by atoms with Crippen LogP contribution in [0.3, 0.4) is 0 Å². The van der Waals surface area contributed by atoms with Crippen LogP contribution in [0.4, 0.5) is 22.7 Å². The number of pyridine rings is 1. The highest BCUT2D eigenvalue weighted by atomic mass is 16.5. The molecule has 386 valence electrons. The highest BCUT2D eigenvalue weighted by molar-refractivity contribution is 6.11. The van der Waals surface area contributed by atoms with Gasteiger partial charge in [0, 0.05) is 51.5 Å². The lowest BCUT2D eigenvalue weighted by atomic mass is 9.86. The smallest absolute Gasteiger partial charge is 0.137 e. The van der Waals surface area contributed by atoms with Crippen LogP contribution in [0.2, 0.25) is 0 Å². The van der Waals surface area contributed by atoms with E-state index in [0.29, 0.717) is 6.67 Å². The fourth-order valence-electron chi connectivity index (χ4n) is 11.3. The van der Waals surface area contributed by atoms with Crippen LogP contribution in [0.25, 0.3) is 72.1 Å². The standard InChI is InChI=1S/C73H68N4O/c1-48-42-69(74-46-64(48)52-30-37-56(38-31-52)73(8,9)10)77-65-41-32-53(49-26-33-54(34-27-49)71(2,3)4)43-63(65)62-40-39-59(45-68(62)77)78-58-21-16-20-57(44-58)75-47-76(67-25-15-14-24-66(67)75)70-60(50-18-12-11-13-19-50)22-17-23-61(70)51-28-35-55(36-29-51)72(5,6)7/h11-46H,47H2,1-10H3. The molecule has 0 radical (unpaired) electrons. The van der Waals surface area contributed by atoms with Gasteiger partial charge in [0.2, 0.25) is 0 Å². The van der Waals surface area contributed by atoms with E-state index >= 15 is 0 Å². The molecule has 0 aliphatic carbocycles. The zero-order valence-electron chi connectivity index (χ0n) is 46.7. The fraction of sp³-hybridized carbons (Fsp3) is 0.192. The van der Waals surface area contributed by atoms with E-state index in [9.17, 15) is 0 Å². The summed E-state index contributed by atoms with van der Waals surface area (Å²) in [7, 11) is 0. The highest BCUT2D eigenvalue weighted by Crippen LogP contribution is 2.51. The lowest BCUT2D eigenvalue weighted by Crippen LogP contribution is -2.25. The van der Waals surface area contributed by atoms with E-state index < -0.39 is 0 Å². The van der Waals surface area contributed by atoms with Crippen molar-refractivity contribution in [2.75, 3.05) is 16.5 Å². The molecule has 3 heterocycles. The quantitative estimate of drug-likeness (QED) is 0.144. The van der Waals surface area contributed by atoms with Gasteiger partial charge < -0.3 is 14.5 Å². The van der Waals surface area contributed by atoms with Crippen molar-refractivity contribution in [3.63, 3.8) is 0 Å². The largest absolute Gasteiger partial charge is 0.457 e. The van der Waals surface area contributed by atoms with Crippen LogP contribution in [0.1, 0.15) is 84.6 Å². The molecule has 0 bridgehead atoms. The zero-order chi connectivity index (χ0) is 54.1. The maximum Gasteiger partial charge on any atom is 0.137 e. The summed E-state index contributed by atoms with van der Waals surface area (Å²) in [5, 5.41) is 2.29. The molecule has 0 spiro atoms. The molecule has 0 saturated heterocycles. The SMILES string of the molecule is Cc1cc(-n2c3ccc(-c4ccc(C(C)(C)C)cc4)cc3c3ccc(Oc4cccc(N5CN(c6c(-c7ccccc7)cccc6-c6ccc(C(C)(C)C)cc6)c6ccccc65)c4)cc32)ncc1-c1ccc(C(C)(C)C)cc1. The molecule has 5 nitrogen and oxygen atoms in total. The van der Waals surface area contributed by atoms with Gasteiger partial charge in [0.25, 0.3) is 0 Å². The molecule has 5 heteroatoms. The number of rotatable bonds is 9. The minimum Gasteiger partial charge on any atom is -0.457 e. The average Bonchev–Trinajstić information content (AvgIpc) is 4.22. The number of anilines is 4. The number of ether oxygens (including phenoxy) is 1. The van der Waals surface area contributed by atoms with Crippen LogP contribution in [-0.4, -0.2) is 16.2 Å². The molecule has 0 N–H and O–H groups in total. The van der Waals surface area contributed by atoms with E-state index in [4.69, 9.17) is 9.72 Å². The van der Waals surface area contributed by atoms with E-state index in [2.05, 4.69) is 296 Å².